The molecule has 0 saturated heterocycles. The first-order valence-electron chi connectivity index (χ1n) is 5.24. The van der Waals surface area contributed by atoms with Gasteiger partial charge >= 0.3 is 0 Å². The van der Waals surface area contributed by atoms with Gasteiger partial charge in [0, 0.05) is 18.7 Å². The molecule has 1 aromatic rings. The molecule has 0 aliphatic rings. The molecule has 16 heavy (non-hydrogen) atoms. The van der Waals surface area contributed by atoms with Crippen molar-refractivity contribution in [2.24, 2.45) is 0 Å². The van der Waals surface area contributed by atoms with Crippen LogP contribution in [0.3, 0.4) is 0 Å². The fraction of sp³-hybridized carbons (Fsp3) is 0.417. The van der Waals surface area contributed by atoms with Gasteiger partial charge < -0.3 is 10.0 Å². The second kappa shape index (κ2) is 6.37. The minimum atomic E-state index is -0.0427. The molecular formula is C12H15ClN2O. The number of aliphatic hydroxyl groups is 1. The molecule has 0 unspecified atom stereocenters. The van der Waals surface area contributed by atoms with E-state index < -0.39 is 0 Å². The van der Waals surface area contributed by atoms with Crippen molar-refractivity contribution >= 4 is 17.3 Å². The number of benzene rings is 1. The summed E-state index contributed by atoms with van der Waals surface area (Å²) in [7, 11) is 0. The molecule has 86 valence electrons. The molecule has 0 spiro atoms. The Morgan fingerprint density at radius 1 is 1.50 bits per heavy atom. The standard InChI is InChI=1S/C12H15ClN2O/c1-2-15(8-4-7-14)12-10(9-16)5-3-6-11(12)13/h3,5-6,16H,2,4,8-9H2,1H3. The summed E-state index contributed by atoms with van der Waals surface area (Å²) in [6.45, 7) is 3.35. The smallest absolute Gasteiger partial charge is 0.0702 e. The van der Waals surface area contributed by atoms with E-state index in [1.165, 1.54) is 0 Å². The number of anilines is 1. The van der Waals surface area contributed by atoms with E-state index in [0.717, 1.165) is 17.8 Å². The minimum Gasteiger partial charge on any atom is -0.392 e. The first-order valence-corrected chi connectivity index (χ1v) is 5.62. The van der Waals surface area contributed by atoms with E-state index in [1.807, 2.05) is 24.0 Å². The summed E-state index contributed by atoms with van der Waals surface area (Å²) in [6.07, 6.45) is 0.448. The van der Waals surface area contributed by atoms with Gasteiger partial charge in [0.05, 0.1) is 29.8 Å². The van der Waals surface area contributed by atoms with Crippen LogP contribution in [0.1, 0.15) is 18.9 Å². The van der Waals surface area contributed by atoms with Crippen molar-refractivity contribution in [2.45, 2.75) is 20.0 Å². The summed E-state index contributed by atoms with van der Waals surface area (Å²) in [5.74, 6) is 0. The van der Waals surface area contributed by atoms with Crippen LogP contribution in [0.25, 0.3) is 0 Å². The highest BCUT2D eigenvalue weighted by Gasteiger charge is 2.12. The van der Waals surface area contributed by atoms with Crippen molar-refractivity contribution < 1.29 is 5.11 Å². The van der Waals surface area contributed by atoms with Crippen molar-refractivity contribution in [3.05, 3.63) is 28.8 Å². The van der Waals surface area contributed by atoms with Gasteiger partial charge in [-0.1, -0.05) is 23.7 Å². The third-order valence-electron chi connectivity index (χ3n) is 2.43. The number of hydrogen-bond donors (Lipinski definition) is 1. The van der Waals surface area contributed by atoms with Crippen molar-refractivity contribution in [1.29, 1.82) is 5.26 Å². The third kappa shape index (κ3) is 2.88. The van der Waals surface area contributed by atoms with Crippen molar-refractivity contribution in [3.63, 3.8) is 0 Å². The van der Waals surface area contributed by atoms with Crippen LogP contribution >= 0.6 is 11.6 Å². The van der Waals surface area contributed by atoms with Gasteiger partial charge in [-0.25, -0.2) is 0 Å². The summed E-state index contributed by atoms with van der Waals surface area (Å²) in [5, 5.41) is 18.5. The average molecular weight is 239 g/mol. The lowest BCUT2D eigenvalue weighted by atomic mass is 10.1. The molecule has 4 heteroatoms. The highest BCUT2D eigenvalue weighted by atomic mass is 35.5. The number of aliphatic hydroxyl groups excluding tert-OH is 1. The van der Waals surface area contributed by atoms with Gasteiger partial charge in [-0.05, 0) is 13.0 Å². The van der Waals surface area contributed by atoms with Gasteiger partial charge in [-0.15, -0.1) is 0 Å². The average Bonchev–Trinajstić information content (AvgIpc) is 2.31. The van der Waals surface area contributed by atoms with Gasteiger partial charge in [0.1, 0.15) is 0 Å². The molecule has 0 amide bonds. The lowest BCUT2D eigenvalue weighted by Gasteiger charge is -2.25. The van der Waals surface area contributed by atoms with Crippen molar-refractivity contribution in [3.8, 4) is 6.07 Å². The zero-order valence-electron chi connectivity index (χ0n) is 9.28. The molecule has 0 aliphatic carbocycles. The van der Waals surface area contributed by atoms with Crippen LogP contribution in [0.4, 0.5) is 5.69 Å². The molecule has 0 bridgehead atoms. The van der Waals surface area contributed by atoms with E-state index in [9.17, 15) is 5.11 Å². The van der Waals surface area contributed by atoms with E-state index in [2.05, 4.69) is 6.07 Å². The Balaban J connectivity index is 3.03. The Labute approximate surface area is 101 Å². The van der Waals surface area contributed by atoms with E-state index in [4.69, 9.17) is 16.9 Å². The number of nitrogens with zero attached hydrogens (tertiary/aromatic N) is 2. The molecule has 0 saturated carbocycles. The first-order chi connectivity index (χ1) is 7.74. The number of halogens is 1. The first kappa shape index (κ1) is 12.8. The number of para-hydroxylation sites is 1. The number of nitriles is 1. The Hall–Kier alpha value is -1.24. The maximum atomic E-state index is 9.26. The lowest BCUT2D eigenvalue weighted by molar-refractivity contribution is 0.282. The zero-order valence-corrected chi connectivity index (χ0v) is 10.0. The summed E-state index contributed by atoms with van der Waals surface area (Å²) in [5.41, 5.74) is 1.64. The SMILES string of the molecule is CCN(CCC#N)c1c(Cl)cccc1CO. The molecule has 1 rings (SSSR count). The Morgan fingerprint density at radius 3 is 2.81 bits per heavy atom. The van der Waals surface area contributed by atoms with Gasteiger partial charge in [0.25, 0.3) is 0 Å². The maximum Gasteiger partial charge on any atom is 0.0702 e. The topological polar surface area (TPSA) is 47.3 Å². The van der Waals surface area contributed by atoms with Crippen molar-refractivity contribution in [1.82, 2.24) is 0 Å². The molecule has 1 aromatic carbocycles. The molecule has 1 N–H and O–H groups in total. The summed E-state index contributed by atoms with van der Waals surface area (Å²) in [6, 6.07) is 7.57. The van der Waals surface area contributed by atoms with Crippen LogP contribution in [-0.2, 0) is 6.61 Å². The van der Waals surface area contributed by atoms with Gasteiger partial charge in [0.2, 0.25) is 0 Å². The van der Waals surface area contributed by atoms with Crippen LogP contribution in [0, 0.1) is 11.3 Å². The molecule has 0 atom stereocenters. The van der Waals surface area contributed by atoms with E-state index in [-0.39, 0.29) is 6.61 Å². The predicted molar refractivity (Wildman–Crippen MR) is 65.5 cm³/mol. The monoisotopic (exact) mass is 238 g/mol. The Morgan fingerprint density at radius 2 is 2.25 bits per heavy atom. The quantitative estimate of drug-likeness (QED) is 0.858. The van der Waals surface area contributed by atoms with E-state index in [0.29, 0.717) is 18.0 Å². The Bertz CT molecular complexity index is 387. The molecule has 0 aromatic heterocycles. The van der Waals surface area contributed by atoms with Crippen LogP contribution in [-0.4, -0.2) is 18.2 Å². The second-order valence-corrected chi connectivity index (χ2v) is 3.80. The third-order valence-corrected chi connectivity index (χ3v) is 2.74. The highest BCUT2D eigenvalue weighted by molar-refractivity contribution is 6.33. The highest BCUT2D eigenvalue weighted by Crippen LogP contribution is 2.30. The summed E-state index contributed by atoms with van der Waals surface area (Å²) < 4.78 is 0. The van der Waals surface area contributed by atoms with Crippen LogP contribution in [0.5, 0.6) is 0 Å². The summed E-state index contributed by atoms with van der Waals surface area (Å²) >= 11 is 6.12. The van der Waals surface area contributed by atoms with Crippen LogP contribution in [0.2, 0.25) is 5.02 Å². The predicted octanol–water partition coefficient (Wildman–Crippen LogP) is 2.57. The fourth-order valence-electron chi connectivity index (χ4n) is 1.65. The van der Waals surface area contributed by atoms with E-state index >= 15 is 0 Å². The van der Waals surface area contributed by atoms with Gasteiger partial charge in [-0.3, -0.25) is 0 Å². The zero-order chi connectivity index (χ0) is 12.0. The second-order valence-electron chi connectivity index (χ2n) is 3.39. The lowest BCUT2D eigenvalue weighted by Crippen LogP contribution is -2.25. The number of rotatable bonds is 5. The van der Waals surface area contributed by atoms with Gasteiger partial charge in [-0.2, -0.15) is 5.26 Å². The van der Waals surface area contributed by atoms with E-state index in [1.54, 1.807) is 6.07 Å². The normalized spacial score (nSPS) is 9.88. The molecule has 3 nitrogen and oxygen atoms in total. The van der Waals surface area contributed by atoms with Crippen molar-refractivity contribution in [2.75, 3.05) is 18.0 Å². The molecule has 0 aliphatic heterocycles. The summed E-state index contributed by atoms with van der Waals surface area (Å²) in [4.78, 5) is 2.01. The maximum absolute atomic E-state index is 9.26. The molecular weight excluding hydrogens is 224 g/mol. The number of hydrogen-bond acceptors (Lipinski definition) is 3. The van der Waals surface area contributed by atoms with Crippen LogP contribution in [0.15, 0.2) is 18.2 Å². The molecule has 0 heterocycles. The molecule has 0 fully saturated rings. The van der Waals surface area contributed by atoms with Crippen LogP contribution < -0.4 is 4.90 Å². The fourth-order valence-corrected chi connectivity index (χ4v) is 1.97. The Kier molecular flexibility index (Phi) is 5.10. The largest absolute Gasteiger partial charge is 0.392 e. The van der Waals surface area contributed by atoms with Gasteiger partial charge in [0.15, 0.2) is 0 Å². The molecule has 0 radical (unpaired) electrons. The minimum absolute atomic E-state index is 0.0427.